The summed E-state index contributed by atoms with van der Waals surface area (Å²) in [5.41, 5.74) is 12.9. The molecule has 0 saturated carbocycles. The topological polar surface area (TPSA) is 44.8 Å². The number of pyridine rings is 2. The second-order valence-electron chi connectivity index (χ2n) is 14.5. The number of hydrogen-bond donors (Lipinski definition) is 1. The summed E-state index contributed by atoms with van der Waals surface area (Å²) >= 11 is 0. The van der Waals surface area contributed by atoms with Gasteiger partial charge in [0.15, 0.2) is 0 Å². The van der Waals surface area contributed by atoms with E-state index in [4.69, 9.17) is 9.97 Å². The van der Waals surface area contributed by atoms with Gasteiger partial charge in [-0.25, -0.2) is 9.97 Å². The molecule has 4 heteroatoms. The van der Waals surface area contributed by atoms with Crippen molar-refractivity contribution < 1.29 is 0 Å². The van der Waals surface area contributed by atoms with Crippen molar-refractivity contribution in [3.05, 3.63) is 126 Å². The van der Waals surface area contributed by atoms with E-state index < -0.39 is 0 Å². The molecule has 0 amide bonds. The first-order chi connectivity index (χ1) is 22.0. The first-order valence-electron chi connectivity index (χ1n) is 16.1. The zero-order valence-corrected chi connectivity index (χ0v) is 27.3. The smallest absolute Gasteiger partial charge is 0.138 e. The van der Waals surface area contributed by atoms with Gasteiger partial charge in [0.05, 0.1) is 28.1 Å². The second kappa shape index (κ2) is 10.1. The van der Waals surface area contributed by atoms with Gasteiger partial charge in [0.1, 0.15) is 5.82 Å². The van der Waals surface area contributed by atoms with Crippen molar-refractivity contribution in [2.24, 2.45) is 0 Å². The summed E-state index contributed by atoms with van der Waals surface area (Å²) in [6.07, 6.45) is 0. The van der Waals surface area contributed by atoms with Crippen LogP contribution in [0.3, 0.4) is 0 Å². The molecule has 0 spiro atoms. The first kappa shape index (κ1) is 28.3. The number of H-pyrrole nitrogens is 1. The van der Waals surface area contributed by atoms with Crippen molar-refractivity contribution in [1.29, 1.82) is 0 Å². The minimum atomic E-state index is -0.0411. The van der Waals surface area contributed by atoms with E-state index in [1.54, 1.807) is 0 Å². The molecule has 0 fully saturated rings. The molecule has 0 radical (unpaired) electrons. The maximum Gasteiger partial charge on any atom is 0.138 e. The summed E-state index contributed by atoms with van der Waals surface area (Å²) in [5, 5.41) is 2.47. The fraction of sp³-hybridized carbons (Fsp3) is 0.190. The van der Waals surface area contributed by atoms with Crippen LogP contribution in [0, 0.1) is 0 Å². The zero-order valence-electron chi connectivity index (χ0n) is 27.3. The second-order valence-corrected chi connectivity index (χ2v) is 14.5. The van der Waals surface area contributed by atoms with Crippen LogP contribution in [0.5, 0.6) is 0 Å². The number of nitrogens with one attached hydrogen (secondary N) is 1. The van der Waals surface area contributed by atoms with Crippen LogP contribution < -0.4 is 4.90 Å². The van der Waals surface area contributed by atoms with Crippen LogP contribution >= 0.6 is 0 Å². The van der Waals surface area contributed by atoms with E-state index in [9.17, 15) is 0 Å². The molecule has 1 aliphatic heterocycles. The van der Waals surface area contributed by atoms with Gasteiger partial charge in [0.2, 0.25) is 0 Å². The summed E-state index contributed by atoms with van der Waals surface area (Å²) in [6, 6.07) is 41.3. The summed E-state index contributed by atoms with van der Waals surface area (Å²) in [5.74, 6) is 0.843. The highest BCUT2D eigenvalue weighted by Gasteiger charge is 2.25. The molecule has 0 aliphatic carbocycles. The molecule has 3 aromatic heterocycles. The van der Waals surface area contributed by atoms with Crippen LogP contribution in [0.2, 0.25) is 0 Å². The third-order valence-corrected chi connectivity index (χ3v) is 9.23. The molecule has 1 aliphatic rings. The Morgan fingerprint density at radius 3 is 1.76 bits per heavy atom. The van der Waals surface area contributed by atoms with E-state index in [0.717, 1.165) is 56.4 Å². The number of fused-ring (bicyclic) bond motifs is 10. The minimum Gasteiger partial charge on any atom is -0.353 e. The SMILES string of the molecule is CC(C)(C)c1cc2c3[nH]c4c(cc(C(C)(C)C)cc4c3c1)-c1cccc(n1)-c1cccc(n1)N(c1ccccc1)c1cccc-2c1. The predicted octanol–water partition coefficient (Wildman–Crippen LogP) is 11.5. The predicted molar refractivity (Wildman–Crippen MR) is 193 cm³/mol. The molecule has 8 bridgehead atoms. The van der Waals surface area contributed by atoms with Gasteiger partial charge in [-0.1, -0.05) is 84.0 Å². The van der Waals surface area contributed by atoms with Crippen molar-refractivity contribution in [3.63, 3.8) is 0 Å². The Hall–Kier alpha value is -5.22. The Kier molecular flexibility index (Phi) is 6.24. The molecule has 0 atom stereocenters. The lowest BCUT2D eigenvalue weighted by atomic mass is 9.82. The number of aromatic amines is 1. The zero-order chi connectivity index (χ0) is 31.8. The van der Waals surface area contributed by atoms with Crippen molar-refractivity contribution in [1.82, 2.24) is 15.0 Å². The highest BCUT2D eigenvalue weighted by atomic mass is 15.2. The maximum absolute atomic E-state index is 5.28. The normalized spacial score (nSPS) is 13.0. The van der Waals surface area contributed by atoms with Crippen LogP contribution in [0.25, 0.3) is 55.6 Å². The summed E-state index contributed by atoms with van der Waals surface area (Å²) in [6.45, 7) is 13.8. The molecule has 0 saturated heterocycles. The van der Waals surface area contributed by atoms with E-state index >= 15 is 0 Å². The molecule has 4 aromatic carbocycles. The number of aromatic nitrogens is 3. The van der Waals surface area contributed by atoms with Crippen LogP contribution in [0.1, 0.15) is 52.7 Å². The average molecular weight is 599 g/mol. The fourth-order valence-electron chi connectivity index (χ4n) is 6.62. The van der Waals surface area contributed by atoms with Gasteiger partial charge in [-0.15, -0.1) is 0 Å². The van der Waals surface area contributed by atoms with Gasteiger partial charge < -0.3 is 4.98 Å². The monoisotopic (exact) mass is 598 g/mol. The number of nitrogens with zero attached hydrogens (tertiary/aromatic N) is 3. The molecule has 4 heterocycles. The molecule has 7 aromatic rings. The number of para-hydroxylation sites is 1. The van der Waals surface area contributed by atoms with Crippen molar-refractivity contribution in [3.8, 4) is 33.8 Å². The number of anilines is 3. The first-order valence-corrected chi connectivity index (χ1v) is 16.1. The Morgan fingerprint density at radius 1 is 0.500 bits per heavy atom. The Bertz CT molecular complexity index is 2280. The lowest BCUT2D eigenvalue weighted by molar-refractivity contribution is 0.590. The van der Waals surface area contributed by atoms with Crippen LogP contribution in [0.15, 0.2) is 115 Å². The third-order valence-electron chi connectivity index (χ3n) is 9.23. The molecule has 4 nitrogen and oxygen atoms in total. The van der Waals surface area contributed by atoms with Gasteiger partial charge >= 0.3 is 0 Å². The molecule has 226 valence electrons. The molecular formula is C42H38N4. The summed E-state index contributed by atoms with van der Waals surface area (Å²) in [7, 11) is 0. The summed E-state index contributed by atoms with van der Waals surface area (Å²) in [4.78, 5) is 16.7. The van der Waals surface area contributed by atoms with E-state index in [1.165, 1.54) is 27.5 Å². The van der Waals surface area contributed by atoms with Crippen LogP contribution in [0.4, 0.5) is 17.2 Å². The van der Waals surface area contributed by atoms with Gasteiger partial charge in [-0.3, -0.25) is 4.90 Å². The molecule has 0 unspecified atom stereocenters. The molecular weight excluding hydrogens is 560 g/mol. The Balaban J connectivity index is 1.55. The number of benzene rings is 4. The quantitative estimate of drug-likeness (QED) is 0.204. The van der Waals surface area contributed by atoms with Gasteiger partial charge in [0, 0.05) is 33.3 Å². The lowest BCUT2D eigenvalue weighted by Gasteiger charge is -2.25. The fourth-order valence-corrected chi connectivity index (χ4v) is 6.62. The standard InChI is InChI=1S/C42H38N4/c1-41(2,3)27-22-31-26-13-10-16-30(21-26)46(29-14-8-7-9-15-29)38-20-12-19-37(44-38)36-18-11-17-35(43-36)34-25-28(42(4,5)6)24-33-32(23-27)39(31)45-40(33)34/h7-25,45H,1-6H3. The van der Waals surface area contributed by atoms with Crippen LogP contribution in [-0.4, -0.2) is 15.0 Å². The largest absolute Gasteiger partial charge is 0.353 e. The molecule has 8 rings (SSSR count). The Labute approximate surface area is 270 Å². The highest BCUT2D eigenvalue weighted by Crippen LogP contribution is 2.44. The maximum atomic E-state index is 5.28. The van der Waals surface area contributed by atoms with E-state index in [0.29, 0.717) is 0 Å². The van der Waals surface area contributed by atoms with Crippen molar-refractivity contribution in [2.75, 3.05) is 4.90 Å². The van der Waals surface area contributed by atoms with Gasteiger partial charge in [-0.05, 0) is 100 Å². The van der Waals surface area contributed by atoms with E-state index in [1.807, 2.05) is 0 Å². The average Bonchev–Trinajstić information content (AvgIpc) is 3.42. The minimum absolute atomic E-state index is 0.0359. The van der Waals surface area contributed by atoms with Gasteiger partial charge in [0.25, 0.3) is 0 Å². The summed E-state index contributed by atoms with van der Waals surface area (Å²) < 4.78 is 0. The van der Waals surface area contributed by atoms with E-state index in [2.05, 4.69) is 167 Å². The Morgan fingerprint density at radius 2 is 1.07 bits per heavy atom. The lowest BCUT2D eigenvalue weighted by Crippen LogP contribution is -2.12. The highest BCUT2D eigenvalue weighted by molar-refractivity contribution is 6.16. The number of hydrogen-bond acceptors (Lipinski definition) is 3. The molecule has 1 N–H and O–H groups in total. The third kappa shape index (κ3) is 4.68. The van der Waals surface area contributed by atoms with E-state index in [-0.39, 0.29) is 10.8 Å². The van der Waals surface area contributed by atoms with Crippen molar-refractivity contribution in [2.45, 2.75) is 52.4 Å². The molecule has 46 heavy (non-hydrogen) atoms. The number of rotatable bonds is 1. The van der Waals surface area contributed by atoms with Crippen molar-refractivity contribution >= 4 is 39.0 Å². The van der Waals surface area contributed by atoms with Crippen LogP contribution in [-0.2, 0) is 10.8 Å². The van der Waals surface area contributed by atoms with Gasteiger partial charge in [-0.2, -0.15) is 0 Å².